The molecule has 258 valence electrons. The molecule has 2 aliphatic rings. The molecule has 1 atom stereocenters. The summed E-state index contributed by atoms with van der Waals surface area (Å²) in [4.78, 5) is 77.3. The number of benzene rings is 1. The fourth-order valence-corrected chi connectivity index (χ4v) is 7.82. The number of thioether (sulfide) groups is 1. The van der Waals surface area contributed by atoms with Crippen LogP contribution in [0.15, 0.2) is 45.5 Å². The zero-order valence-corrected chi connectivity index (χ0v) is 30.7. The van der Waals surface area contributed by atoms with Gasteiger partial charge in [0.1, 0.15) is 15.8 Å². The summed E-state index contributed by atoms with van der Waals surface area (Å²) in [5.74, 6) is 0.576. The molecule has 2 aromatic rings. The lowest BCUT2D eigenvalue weighted by atomic mass is 9.71. The average Bonchev–Trinajstić information content (AvgIpc) is 3.66. The molecule has 0 saturated carbocycles. The summed E-state index contributed by atoms with van der Waals surface area (Å²) in [7, 11) is 1.64. The molecule has 48 heavy (non-hydrogen) atoms. The number of hydrogen-bond donors (Lipinski definition) is 1. The SMILES string of the molecule is CCNC(=O)CCCN(CCN(C)C(=O)CC(C)(C)C1=C(C)C(=O)C(C)=C(C)C1=O)C(=O)Oc1ccc2nc(C3=NC(C)CS3)sc2c1. The zero-order chi connectivity index (χ0) is 35.3. The van der Waals surface area contributed by atoms with Crippen LogP contribution in [0.2, 0.25) is 0 Å². The van der Waals surface area contributed by atoms with E-state index in [9.17, 15) is 24.0 Å². The molecule has 0 fully saturated rings. The fraction of sp³-hybridized carbons (Fsp3) is 0.514. The van der Waals surface area contributed by atoms with Gasteiger partial charge in [0.05, 0.1) is 16.3 Å². The number of carbonyl (C=O) groups is 5. The Hall–Kier alpha value is -3.84. The summed E-state index contributed by atoms with van der Waals surface area (Å²) in [5.41, 5.74) is 1.49. The number of hydrogen-bond acceptors (Lipinski definition) is 10. The Morgan fingerprint density at radius 1 is 1.04 bits per heavy atom. The van der Waals surface area contributed by atoms with Gasteiger partial charge in [0.2, 0.25) is 11.8 Å². The van der Waals surface area contributed by atoms with E-state index in [1.165, 1.54) is 21.1 Å². The van der Waals surface area contributed by atoms with Crippen LogP contribution in [0.25, 0.3) is 10.2 Å². The van der Waals surface area contributed by atoms with E-state index in [1.54, 1.807) is 65.6 Å². The van der Waals surface area contributed by atoms with Gasteiger partial charge < -0.3 is 19.9 Å². The standard InChI is InChI=1S/C35H45N5O6S2/c1-9-36-27(41)11-10-14-40(34(45)46-24-12-13-25-26(17-24)48-33(38-25)32-37-20(2)19-47-32)16-15-39(8)28(42)18-35(6,7)29-23(5)30(43)21(3)22(4)31(29)44/h12-13,17,20H,9-11,14-16,18-19H2,1-8H3,(H,36,41). The van der Waals surface area contributed by atoms with Gasteiger partial charge in [-0.25, -0.2) is 9.78 Å². The van der Waals surface area contributed by atoms with E-state index in [1.807, 2.05) is 13.0 Å². The first-order valence-corrected chi connectivity index (χ1v) is 18.0. The minimum absolute atomic E-state index is 0.00382. The number of rotatable bonds is 13. The molecule has 11 nitrogen and oxygen atoms in total. The molecule has 0 spiro atoms. The van der Waals surface area contributed by atoms with Gasteiger partial charge in [0.25, 0.3) is 0 Å². The van der Waals surface area contributed by atoms with Crippen molar-refractivity contribution in [2.45, 2.75) is 73.8 Å². The topological polar surface area (TPSA) is 138 Å². The van der Waals surface area contributed by atoms with Gasteiger partial charge in [0, 0.05) is 85.6 Å². The third-order valence-corrected chi connectivity index (χ3v) is 11.0. The van der Waals surface area contributed by atoms with Crippen LogP contribution in [0.4, 0.5) is 4.79 Å². The summed E-state index contributed by atoms with van der Waals surface area (Å²) < 4.78 is 6.67. The molecule has 1 aliphatic heterocycles. The van der Waals surface area contributed by atoms with Crippen LogP contribution >= 0.6 is 23.1 Å². The lowest BCUT2D eigenvalue weighted by Crippen LogP contribution is -2.42. The van der Waals surface area contributed by atoms with Gasteiger partial charge in [-0.05, 0) is 53.2 Å². The van der Waals surface area contributed by atoms with Gasteiger partial charge >= 0.3 is 6.09 Å². The average molecular weight is 696 g/mol. The largest absolute Gasteiger partial charge is 0.415 e. The van der Waals surface area contributed by atoms with Gasteiger partial charge in [0.15, 0.2) is 11.6 Å². The second kappa shape index (κ2) is 15.6. The van der Waals surface area contributed by atoms with E-state index < -0.39 is 11.5 Å². The number of ether oxygens (including phenoxy) is 1. The molecule has 1 aromatic heterocycles. The second-order valence-corrected chi connectivity index (χ2v) is 15.0. The molecule has 13 heteroatoms. The molecule has 1 aromatic carbocycles. The lowest BCUT2D eigenvalue weighted by Gasteiger charge is -2.33. The zero-order valence-electron chi connectivity index (χ0n) is 29.0. The quantitative estimate of drug-likeness (QED) is 0.269. The Labute approximate surface area is 290 Å². The molecule has 2 heterocycles. The number of aliphatic imine (C=N–C) groups is 1. The van der Waals surface area contributed by atoms with Gasteiger partial charge in [-0.3, -0.25) is 24.2 Å². The predicted molar refractivity (Wildman–Crippen MR) is 191 cm³/mol. The van der Waals surface area contributed by atoms with Gasteiger partial charge in [-0.2, -0.15) is 0 Å². The van der Waals surface area contributed by atoms with Crippen LogP contribution < -0.4 is 10.1 Å². The molecule has 0 radical (unpaired) electrons. The Morgan fingerprint density at radius 2 is 1.75 bits per heavy atom. The van der Waals surface area contributed by atoms with Crippen molar-refractivity contribution in [1.29, 1.82) is 0 Å². The minimum atomic E-state index is -0.883. The van der Waals surface area contributed by atoms with Crippen molar-refractivity contribution in [1.82, 2.24) is 20.1 Å². The van der Waals surface area contributed by atoms with Gasteiger partial charge in [-0.15, -0.1) is 23.1 Å². The highest BCUT2D eigenvalue weighted by Crippen LogP contribution is 2.39. The summed E-state index contributed by atoms with van der Waals surface area (Å²) in [6, 6.07) is 5.56. The number of nitrogens with zero attached hydrogens (tertiary/aromatic N) is 4. The first kappa shape index (κ1) is 37.0. The van der Waals surface area contributed by atoms with Crippen LogP contribution in [-0.4, -0.2) is 94.3 Å². The molecular weight excluding hydrogens is 651 g/mol. The summed E-state index contributed by atoms with van der Waals surface area (Å²) >= 11 is 3.19. The molecule has 1 N–H and O–H groups in total. The Morgan fingerprint density at radius 3 is 2.42 bits per heavy atom. The Bertz CT molecular complexity index is 1720. The van der Waals surface area contributed by atoms with Crippen molar-refractivity contribution in [3.8, 4) is 5.75 Å². The third kappa shape index (κ3) is 8.59. The molecule has 1 unspecified atom stereocenters. The molecule has 0 bridgehead atoms. The molecule has 1 aliphatic carbocycles. The summed E-state index contributed by atoms with van der Waals surface area (Å²) in [5, 5.41) is 4.54. The van der Waals surface area contributed by atoms with Crippen molar-refractivity contribution < 1.29 is 28.7 Å². The predicted octanol–water partition coefficient (Wildman–Crippen LogP) is 5.57. The van der Waals surface area contributed by atoms with Crippen molar-refractivity contribution in [2.24, 2.45) is 10.4 Å². The summed E-state index contributed by atoms with van der Waals surface area (Å²) in [6.07, 6.45) is 0.0666. The number of nitrogens with one attached hydrogen (secondary N) is 1. The maximum Gasteiger partial charge on any atom is 0.415 e. The van der Waals surface area contributed by atoms with E-state index >= 15 is 0 Å². The Balaban J connectivity index is 1.43. The minimum Gasteiger partial charge on any atom is -0.410 e. The maximum atomic E-state index is 13.5. The van der Waals surface area contributed by atoms with E-state index in [4.69, 9.17) is 9.72 Å². The number of allylic oxidation sites excluding steroid dienone is 4. The van der Waals surface area contributed by atoms with E-state index in [0.717, 1.165) is 26.0 Å². The summed E-state index contributed by atoms with van der Waals surface area (Å²) in [6.45, 7) is 13.6. The Kier molecular flexibility index (Phi) is 12.0. The van der Waals surface area contributed by atoms with Crippen LogP contribution in [0.3, 0.4) is 0 Å². The lowest BCUT2D eigenvalue weighted by molar-refractivity contribution is -0.132. The number of aromatic nitrogens is 1. The second-order valence-electron chi connectivity index (χ2n) is 12.9. The fourth-order valence-electron chi connectivity index (χ4n) is 5.73. The van der Waals surface area contributed by atoms with E-state index in [0.29, 0.717) is 41.0 Å². The molecular formula is C35H45N5O6S2. The van der Waals surface area contributed by atoms with Crippen LogP contribution in [0, 0.1) is 5.41 Å². The van der Waals surface area contributed by atoms with Crippen molar-refractivity contribution in [3.63, 3.8) is 0 Å². The van der Waals surface area contributed by atoms with Crippen molar-refractivity contribution >= 4 is 67.8 Å². The number of fused-ring (bicyclic) bond motifs is 1. The van der Waals surface area contributed by atoms with Crippen molar-refractivity contribution in [3.05, 3.63) is 45.5 Å². The monoisotopic (exact) mass is 695 g/mol. The first-order valence-electron chi connectivity index (χ1n) is 16.2. The number of carbonyl (C=O) groups excluding carboxylic acids is 5. The number of thiazole rings is 1. The van der Waals surface area contributed by atoms with Gasteiger partial charge in [-0.1, -0.05) is 13.8 Å². The maximum absolute atomic E-state index is 13.5. The van der Waals surface area contributed by atoms with E-state index in [2.05, 4.69) is 17.2 Å². The molecule has 0 saturated heterocycles. The third-order valence-electron chi connectivity index (χ3n) is 8.60. The van der Waals surface area contributed by atoms with E-state index in [-0.39, 0.29) is 61.9 Å². The number of likely N-dealkylation sites (N-methyl/N-ethyl adjacent to an activating group) is 1. The number of ketones is 2. The van der Waals surface area contributed by atoms with Crippen molar-refractivity contribution in [2.75, 3.05) is 39.0 Å². The highest BCUT2D eigenvalue weighted by Gasteiger charge is 2.39. The first-order chi connectivity index (χ1) is 22.6. The number of Topliss-reactive ketones (excluding diaryl/α,β-unsaturated/α-hetero) is 2. The van der Waals surface area contributed by atoms with Crippen LogP contribution in [0.1, 0.15) is 72.7 Å². The highest BCUT2D eigenvalue weighted by atomic mass is 32.2. The highest BCUT2D eigenvalue weighted by molar-refractivity contribution is 8.15. The van der Waals surface area contributed by atoms with Crippen LogP contribution in [-0.2, 0) is 19.2 Å². The number of amides is 3. The van der Waals surface area contributed by atoms with Crippen LogP contribution in [0.5, 0.6) is 5.75 Å². The molecule has 3 amide bonds. The molecule has 4 rings (SSSR count). The normalized spacial score (nSPS) is 16.8. The smallest absolute Gasteiger partial charge is 0.410 e.